The van der Waals surface area contributed by atoms with Crippen molar-refractivity contribution in [1.29, 1.82) is 0 Å². The average Bonchev–Trinajstić information content (AvgIpc) is 2.84. The number of piperidine rings is 1. The number of para-hydroxylation sites is 1. The van der Waals surface area contributed by atoms with E-state index in [1.165, 1.54) is 6.07 Å². The molecule has 2 aliphatic rings. The van der Waals surface area contributed by atoms with Crippen molar-refractivity contribution >= 4 is 11.8 Å². The molecule has 6 nitrogen and oxygen atoms in total. The zero-order chi connectivity index (χ0) is 24.1. The van der Waals surface area contributed by atoms with Crippen LogP contribution < -0.4 is 4.74 Å². The van der Waals surface area contributed by atoms with Crippen molar-refractivity contribution in [2.45, 2.75) is 19.3 Å². The van der Waals surface area contributed by atoms with Crippen molar-refractivity contribution in [3.8, 4) is 5.75 Å². The molecule has 2 aromatic carbocycles. The van der Waals surface area contributed by atoms with Crippen molar-refractivity contribution in [2.75, 3.05) is 52.9 Å². The fourth-order valence-electron chi connectivity index (χ4n) is 4.77. The van der Waals surface area contributed by atoms with Crippen LogP contribution >= 0.6 is 0 Å². The molecular formula is C26H31F2N3O3. The number of ether oxygens (including phenoxy) is 1. The van der Waals surface area contributed by atoms with Crippen molar-refractivity contribution in [3.05, 3.63) is 65.7 Å². The van der Waals surface area contributed by atoms with Crippen LogP contribution in [0.5, 0.6) is 5.75 Å². The molecule has 2 amide bonds. The maximum absolute atomic E-state index is 14.3. The fourth-order valence-corrected chi connectivity index (χ4v) is 4.77. The van der Waals surface area contributed by atoms with Crippen LogP contribution in [0.1, 0.15) is 29.6 Å². The van der Waals surface area contributed by atoms with Crippen molar-refractivity contribution in [1.82, 2.24) is 14.7 Å². The summed E-state index contributed by atoms with van der Waals surface area (Å²) in [6, 6.07) is 12.4. The third kappa shape index (κ3) is 5.73. The second kappa shape index (κ2) is 10.5. The van der Waals surface area contributed by atoms with Gasteiger partial charge in [0, 0.05) is 57.2 Å². The van der Waals surface area contributed by atoms with Gasteiger partial charge in [-0.15, -0.1) is 0 Å². The SMILES string of the molecule is CN1CCN(C(=O)CC2(COc3ccccc3)CCCN(C(=O)c3ccc(F)cc3F)C2)CC1. The zero-order valence-corrected chi connectivity index (χ0v) is 19.5. The highest BCUT2D eigenvalue weighted by Gasteiger charge is 2.41. The Morgan fingerprint density at radius 1 is 0.971 bits per heavy atom. The Labute approximate surface area is 199 Å². The van der Waals surface area contributed by atoms with E-state index in [1.807, 2.05) is 42.3 Å². The Balaban J connectivity index is 1.53. The van der Waals surface area contributed by atoms with Crippen LogP contribution in [0.4, 0.5) is 8.78 Å². The topological polar surface area (TPSA) is 53.1 Å². The third-order valence-electron chi connectivity index (χ3n) is 6.78. The van der Waals surface area contributed by atoms with Crippen LogP contribution in [0.2, 0.25) is 0 Å². The highest BCUT2D eigenvalue weighted by atomic mass is 19.1. The lowest BCUT2D eigenvalue weighted by molar-refractivity contribution is -0.137. The van der Waals surface area contributed by atoms with Crippen LogP contribution in [-0.2, 0) is 4.79 Å². The predicted molar refractivity (Wildman–Crippen MR) is 125 cm³/mol. The summed E-state index contributed by atoms with van der Waals surface area (Å²) in [6.45, 7) is 4.00. The zero-order valence-electron chi connectivity index (χ0n) is 19.5. The molecule has 8 heteroatoms. The number of likely N-dealkylation sites (N-methyl/N-ethyl adjacent to an activating group) is 1. The Morgan fingerprint density at radius 3 is 2.41 bits per heavy atom. The highest BCUT2D eigenvalue weighted by molar-refractivity contribution is 5.94. The number of nitrogens with zero attached hydrogens (tertiary/aromatic N) is 3. The lowest BCUT2D eigenvalue weighted by atomic mass is 9.77. The monoisotopic (exact) mass is 471 g/mol. The van der Waals surface area contributed by atoms with Gasteiger partial charge < -0.3 is 19.4 Å². The molecule has 0 radical (unpaired) electrons. The maximum atomic E-state index is 14.3. The van der Waals surface area contributed by atoms with E-state index in [0.29, 0.717) is 31.8 Å². The molecule has 0 N–H and O–H groups in total. The van der Waals surface area contributed by atoms with E-state index < -0.39 is 23.0 Å². The van der Waals surface area contributed by atoms with Crippen molar-refractivity contribution < 1.29 is 23.1 Å². The molecule has 0 aromatic heterocycles. The first kappa shape index (κ1) is 24.1. The third-order valence-corrected chi connectivity index (χ3v) is 6.78. The Hall–Kier alpha value is -3.00. The van der Waals surface area contributed by atoms with Gasteiger partial charge in [-0.1, -0.05) is 18.2 Å². The quantitative estimate of drug-likeness (QED) is 0.648. The summed E-state index contributed by atoms with van der Waals surface area (Å²) >= 11 is 0. The van der Waals surface area contributed by atoms with E-state index in [-0.39, 0.29) is 31.0 Å². The number of amides is 2. The summed E-state index contributed by atoms with van der Waals surface area (Å²) in [4.78, 5) is 32.1. The van der Waals surface area contributed by atoms with Gasteiger partial charge in [0.15, 0.2) is 0 Å². The molecule has 0 saturated carbocycles. The summed E-state index contributed by atoms with van der Waals surface area (Å²) in [5.41, 5.74) is -0.757. The normalized spacial score (nSPS) is 21.4. The molecule has 4 rings (SSSR count). The number of rotatable bonds is 6. The highest BCUT2D eigenvalue weighted by Crippen LogP contribution is 2.36. The molecule has 1 unspecified atom stereocenters. The van der Waals surface area contributed by atoms with Crippen molar-refractivity contribution in [3.63, 3.8) is 0 Å². The summed E-state index contributed by atoms with van der Waals surface area (Å²) in [5, 5.41) is 0. The van der Waals surface area contributed by atoms with E-state index in [1.54, 1.807) is 4.90 Å². The second-order valence-corrected chi connectivity index (χ2v) is 9.42. The van der Waals surface area contributed by atoms with Crippen LogP contribution in [0, 0.1) is 17.0 Å². The lowest BCUT2D eigenvalue weighted by Gasteiger charge is -2.43. The second-order valence-electron chi connectivity index (χ2n) is 9.42. The van der Waals surface area contributed by atoms with E-state index in [9.17, 15) is 18.4 Å². The van der Waals surface area contributed by atoms with E-state index >= 15 is 0 Å². The van der Waals surface area contributed by atoms with Crippen LogP contribution in [0.15, 0.2) is 48.5 Å². The number of halogens is 2. The number of carbonyl (C=O) groups excluding carboxylic acids is 2. The van der Waals surface area contributed by atoms with Gasteiger partial charge in [-0.2, -0.15) is 0 Å². The van der Waals surface area contributed by atoms with Crippen LogP contribution in [-0.4, -0.2) is 79.4 Å². The van der Waals surface area contributed by atoms with Gasteiger partial charge in [0.2, 0.25) is 5.91 Å². The van der Waals surface area contributed by atoms with Gasteiger partial charge in [-0.25, -0.2) is 8.78 Å². The minimum absolute atomic E-state index is 0.0482. The van der Waals surface area contributed by atoms with Crippen LogP contribution in [0.25, 0.3) is 0 Å². The van der Waals surface area contributed by atoms with Gasteiger partial charge in [-0.3, -0.25) is 9.59 Å². The van der Waals surface area contributed by atoms with Gasteiger partial charge in [0.25, 0.3) is 5.91 Å². The van der Waals surface area contributed by atoms with Gasteiger partial charge in [0.05, 0.1) is 12.2 Å². The number of piperazine rings is 1. The Bertz CT molecular complexity index is 1010. The molecule has 0 spiro atoms. The summed E-state index contributed by atoms with van der Waals surface area (Å²) < 4.78 is 33.8. The number of likely N-dealkylation sites (tertiary alicyclic amines) is 1. The molecule has 2 aromatic rings. The van der Waals surface area contributed by atoms with Crippen molar-refractivity contribution in [2.24, 2.45) is 5.41 Å². The molecule has 2 saturated heterocycles. The minimum atomic E-state index is -0.879. The molecule has 34 heavy (non-hydrogen) atoms. The molecule has 1 atom stereocenters. The number of carbonyl (C=O) groups is 2. The summed E-state index contributed by atoms with van der Waals surface area (Å²) in [5.74, 6) is -1.35. The van der Waals surface area contributed by atoms with E-state index in [2.05, 4.69) is 4.90 Å². The van der Waals surface area contributed by atoms with E-state index in [4.69, 9.17) is 4.74 Å². The molecule has 2 aliphatic heterocycles. The van der Waals surface area contributed by atoms with Gasteiger partial charge >= 0.3 is 0 Å². The molecule has 2 heterocycles. The standard InChI is InChI=1S/C26H31F2N3O3/c1-29-12-14-30(15-13-29)24(32)17-26(19-34-21-6-3-2-4-7-21)10-5-11-31(18-26)25(33)22-9-8-20(27)16-23(22)28/h2-4,6-9,16H,5,10-15,17-19H2,1H3. The number of hydrogen-bond acceptors (Lipinski definition) is 4. The molecule has 0 aliphatic carbocycles. The van der Waals surface area contributed by atoms with Crippen LogP contribution in [0.3, 0.4) is 0 Å². The average molecular weight is 472 g/mol. The summed E-state index contributed by atoms with van der Waals surface area (Å²) in [6.07, 6.45) is 1.64. The smallest absolute Gasteiger partial charge is 0.256 e. The Kier molecular flexibility index (Phi) is 7.46. The fraction of sp³-hybridized carbons (Fsp3) is 0.462. The van der Waals surface area contributed by atoms with Gasteiger partial charge in [0.1, 0.15) is 17.4 Å². The number of benzene rings is 2. The molecule has 182 valence electrons. The van der Waals surface area contributed by atoms with Gasteiger partial charge in [-0.05, 0) is 44.2 Å². The maximum Gasteiger partial charge on any atom is 0.256 e. The molecule has 2 fully saturated rings. The minimum Gasteiger partial charge on any atom is -0.493 e. The first-order valence-corrected chi connectivity index (χ1v) is 11.7. The summed E-state index contributed by atoms with van der Waals surface area (Å²) in [7, 11) is 2.04. The predicted octanol–water partition coefficient (Wildman–Crippen LogP) is 3.43. The Morgan fingerprint density at radius 2 is 1.71 bits per heavy atom. The first-order chi connectivity index (χ1) is 16.3. The molecular weight excluding hydrogens is 440 g/mol. The number of hydrogen-bond donors (Lipinski definition) is 0. The molecule has 0 bridgehead atoms. The van der Waals surface area contributed by atoms with E-state index in [0.717, 1.165) is 31.6 Å². The largest absolute Gasteiger partial charge is 0.493 e. The first-order valence-electron chi connectivity index (χ1n) is 11.7. The lowest BCUT2D eigenvalue weighted by Crippen LogP contribution is -2.53.